The number of aromatic nitrogens is 1. The summed E-state index contributed by atoms with van der Waals surface area (Å²) in [7, 11) is 0. The summed E-state index contributed by atoms with van der Waals surface area (Å²) < 4.78 is 0. The van der Waals surface area contributed by atoms with Crippen molar-refractivity contribution in [3.05, 3.63) is 59.8 Å². The summed E-state index contributed by atoms with van der Waals surface area (Å²) >= 11 is 0. The van der Waals surface area contributed by atoms with Crippen LogP contribution in [0, 0.1) is 0 Å². The van der Waals surface area contributed by atoms with Crippen LogP contribution in [0.5, 0.6) is 0 Å². The van der Waals surface area contributed by atoms with Crippen LogP contribution in [0.25, 0.3) is 0 Å². The third-order valence-electron chi connectivity index (χ3n) is 3.82. The summed E-state index contributed by atoms with van der Waals surface area (Å²) in [6.45, 7) is 1.52. The van der Waals surface area contributed by atoms with E-state index in [1.165, 1.54) is 5.56 Å². The topological polar surface area (TPSA) is 59.2 Å². The minimum Gasteiger partial charge on any atom is -0.383 e. The van der Waals surface area contributed by atoms with E-state index in [0.717, 1.165) is 19.5 Å². The molecule has 2 aromatic rings. The van der Waals surface area contributed by atoms with E-state index in [2.05, 4.69) is 17.1 Å². The SMILES string of the molecule is Nc1ncccc1C(=O)N1CCC(c2ccccc2)C1. The van der Waals surface area contributed by atoms with E-state index in [1.807, 2.05) is 23.1 Å². The smallest absolute Gasteiger partial charge is 0.257 e. The van der Waals surface area contributed by atoms with E-state index < -0.39 is 0 Å². The Morgan fingerprint density at radius 3 is 2.75 bits per heavy atom. The van der Waals surface area contributed by atoms with Gasteiger partial charge in [-0.2, -0.15) is 0 Å². The molecule has 1 amide bonds. The molecular weight excluding hydrogens is 250 g/mol. The van der Waals surface area contributed by atoms with Crippen molar-refractivity contribution in [2.45, 2.75) is 12.3 Å². The zero-order valence-electron chi connectivity index (χ0n) is 11.2. The van der Waals surface area contributed by atoms with Crippen molar-refractivity contribution in [1.82, 2.24) is 9.88 Å². The third-order valence-corrected chi connectivity index (χ3v) is 3.82. The molecule has 1 unspecified atom stereocenters. The lowest BCUT2D eigenvalue weighted by Gasteiger charge is -2.17. The highest BCUT2D eigenvalue weighted by molar-refractivity contribution is 5.98. The van der Waals surface area contributed by atoms with Crippen molar-refractivity contribution >= 4 is 11.7 Å². The van der Waals surface area contributed by atoms with Crippen molar-refractivity contribution < 1.29 is 4.79 Å². The lowest BCUT2D eigenvalue weighted by Crippen LogP contribution is -2.29. The van der Waals surface area contributed by atoms with Crippen LogP contribution >= 0.6 is 0 Å². The van der Waals surface area contributed by atoms with Gasteiger partial charge in [-0.25, -0.2) is 4.98 Å². The molecule has 0 radical (unpaired) electrons. The van der Waals surface area contributed by atoms with Crippen molar-refractivity contribution in [3.63, 3.8) is 0 Å². The molecule has 2 heterocycles. The summed E-state index contributed by atoms with van der Waals surface area (Å²) in [6, 6.07) is 13.8. The van der Waals surface area contributed by atoms with E-state index in [-0.39, 0.29) is 5.91 Å². The molecule has 1 aromatic heterocycles. The number of hydrogen-bond acceptors (Lipinski definition) is 3. The molecule has 0 spiro atoms. The predicted molar refractivity (Wildman–Crippen MR) is 78.4 cm³/mol. The van der Waals surface area contributed by atoms with E-state index in [4.69, 9.17) is 5.73 Å². The molecule has 4 nitrogen and oxygen atoms in total. The molecular formula is C16H17N3O. The van der Waals surface area contributed by atoms with Crippen LogP contribution in [0.4, 0.5) is 5.82 Å². The maximum absolute atomic E-state index is 12.5. The molecule has 1 aliphatic heterocycles. The number of carbonyl (C=O) groups excluding carboxylic acids is 1. The fourth-order valence-electron chi connectivity index (χ4n) is 2.71. The number of amides is 1. The second kappa shape index (κ2) is 5.33. The number of nitrogens with zero attached hydrogens (tertiary/aromatic N) is 2. The standard InChI is InChI=1S/C16H17N3O/c17-15-14(7-4-9-18-15)16(20)19-10-8-13(11-19)12-5-2-1-3-6-12/h1-7,9,13H,8,10-11H2,(H2,17,18). The largest absolute Gasteiger partial charge is 0.383 e. The normalized spacial score (nSPS) is 18.2. The van der Waals surface area contributed by atoms with Crippen LogP contribution < -0.4 is 5.73 Å². The number of anilines is 1. The van der Waals surface area contributed by atoms with Gasteiger partial charge in [0.05, 0.1) is 5.56 Å². The van der Waals surface area contributed by atoms with Gasteiger partial charge >= 0.3 is 0 Å². The van der Waals surface area contributed by atoms with Gasteiger partial charge in [0.1, 0.15) is 5.82 Å². The molecule has 2 N–H and O–H groups in total. The molecule has 1 saturated heterocycles. The van der Waals surface area contributed by atoms with Crippen molar-refractivity contribution in [2.24, 2.45) is 0 Å². The number of hydrogen-bond donors (Lipinski definition) is 1. The number of rotatable bonds is 2. The number of likely N-dealkylation sites (tertiary alicyclic amines) is 1. The molecule has 0 bridgehead atoms. The van der Waals surface area contributed by atoms with Gasteiger partial charge in [0, 0.05) is 25.2 Å². The molecule has 102 valence electrons. The minimum atomic E-state index is -0.0194. The molecule has 1 atom stereocenters. The molecule has 1 aliphatic rings. The van der Waals surface area contributed by atoms with Gasteiger partial charge in [-0.3, -0.25) is 4.79 Å². The molecule has 1 fully saturated rings. The van der Waals surface area contributed by atoms with E-state index in [0.29, 0.717) is 17.3 Å². The summed E-state index contributed by atoms with van der Waals surface area (Å²) in [4.78, 5) is 18.3. The van der Waals surface area contributed by atoms with Gasteiger partial charge in [0.25, 0.3) is 5.91 Å². The quantitative estimate of drug-likeness (QED) is 0.908. The Hall–Kier alpha value is -2.36. The van der Waals surface area contributed by atoms with Gasteiger partial charge in [0.2, 0.25) is 0 Å². The Bertz CT molecular complexity index is 612. The summed E-state index contributed by atoms with van der Waals surface area (Å²) in [5.74, 6) is 0.702. The van der Waals surface area contributed by atoms with Crippen LogP contribution in [-0.4, -0.2) is 28.9 Å². The first-order chi connectivity index (χ1) is 9.75. The highest BCUT2D eigenvalue weighted by Crippen LogP contribution is 2.28. The second-order valence-electron chi connectivity index (χ2n) is 5.08. The summed E-state index contributed by atoms with van der Waals surface area (Å²) in [5.41, 5.74) is 7.57. The van der Waals surface area contributed by atoms with Crippen molar-refractivity contribution in [3.8, 4) is 0 Å². The number of benzene rings is 1. The second-order valence-corrected chi connectivity index (χ2v) is 5.08. The molecule has 3 rings (SSSR count). The highest BCUT2D eigenvalue weighted by Gasteiger charge is 2.28. The Balaban J connectivity index is 1.75. The molecule has 0 saturated carbocycles. The molecule has 20 heavy (non-hydrogen) atoms. The molecule has 0 aliphatic carbocycles. The lowest BCUT2D eigenvalue weighted by molar-refractivity contribution is 0.0791. The van der Waals surface area contributed by atoms with E-state index in [9.17, 15) is 4.79 Å². The lowest BCUT2D eigenvalue weighted by atomic mass is 9.99. The average molecular weight is 267 g/mol. The van der Waals surface area contributed by atoms with Gasteiger partial charge in [-0.05, 0) is 24.1 Å². The van der Waals surface area contributed by atoms with Gasteiger partial charge < -0.3 is 10.6 Å². The highest BCUT2D eigenvalue weighted by atomic mass is 16.2. The Labute approximate surface area is 118 Å². The van der Waals surface area contributed by atoms with Crippen molar-refractivity contribution in [2.75, 3.05) is 18.8 Å². The van der Waals surface area contributed by atoms with E-state index in [1.54, 1.807) is 18.3 Å². The Morgan fingerprint density at radius 2 is 2.00 bits per heavy atom. The Kier molecular flexibility index (Phi) is 3.37. The van der Waals surface area contributed by atoms with Crippen LogP contribution in [0.15, 0.2) is 48.7 Å². The number of pyridine rings is 1. The van der Waals surface area contributed by atoms with E-state index >= 15 is 0 Å². The van der Waals surface area contributed by atoms with Crippen molar-refractivity contribution in [1.29, 1.82) is 0 Å². The van der Waals surface area contributed by atoms with Crippen LogP contribution in [0.1, 0.15) is 28.3 Å². The number of nitrogens with two attached hydrogens (primary N) is 1. The monoisotopic (exact) mass is 267 g/mol. The molecule has 1 aromatic carbocycles. The van der Waals surface area contributed by atoms with Gasteiger partial charge in [0.15, 0.2) is 0 Å². The first-order valence-electron chi connectivity index (χ1n) is 6.80. The van der Waals surface area contributed by atoms with Crippen LogP contribution in [-0.2, 0) is 0 Å². The van der Waals surface area contributed by atoms with Crippen LogP contribution in [0.2, 0.25) is 0 Å². The van der Waals surface area contributed by atoms with Gasteiger partial charge in [-0.15, -0.1) is 0 Å². The summed E-state index contributed by atoms with van der Waals surface area (Å²) in [5, 5.41) is 0. The fraction of sp³-hybridized carbons (Fsp3) is 0.250. The van der Waals surface area contributed by atoms with Crippen LogP contribution in [0.3, 0.4) is 0 Å². The van der Waals surface area contributed by atoms with Gasteiger partial charge in [-0.1, -0.05) is 30.3 Å². The first kappa shape index (κ1) is 12.7. The zero-order valence-corrected chi connectivity index (χ0v) is 11.2. The number of carbonyl (C=O) groups is 1. The minimum absolute atomic E-state index is 0.0194. The average Bonchev–Trinajstić information content (AvgIpc) is 2.98. The predicted octanol–water partition coefficient (Wildman–Crippen LogP) is 2.29. The maximum atomic E-state index is 12.5. The zero-order chi connectivity index (χ0) is 13.9. The molecule has 4 heteroatoms. The maximum Gasteiger partial charge on any atom is 0.257 e. The fourth-order valence-corrected chi connectivity index (χ4v) is 2.71. The summed E-state index contributed by atoms with van der Waals surface area (Å²) in [6.07, 6.45) is 2.60. The Morgan fingerprint density at radius 1 is 1.20 bits per heavy atom. The number of nitrogen functional groups attached to an aromatic ring is 1. The third kappa shape index (κ3) is 2.37. The first-order valence-corrected chi connectivity index (χ1v) is 6.80.